The number of pyridine rings is 1. The number of aromatic hydroxyl groups is 1. The van der Waals surface area contributed by atoms with E-state index in [0.717, 1.165) is 4.57 Å². The van der Waals surface area contributed by atoms with E-state index < -0.39 is 23.3 Å². The van der Waals surface area contributed by atoms with Gasteiger partial charge < -0.3 is 9.84 Å². The Kier molecular flexibility index (Phi) is 4.74. The van der Waals surface area contributed by atoms with Crippen molar-refractivity contribution in [1.82, 2.24) is 4.57 Å². The summed E-state index contributed by atoms with van der Waals surface area (Å²) >= 11 is 0. The maximum absolute atomic E-state index is 13.0. The molecule has 0 aliphatic rings. The van der Waals surface area contributed by atoms with Crippen LogP contribution in [-0.2, 0) is 0 Å². The Labute approximate surface area is 139 Å². The zero-order chi connectivity index (χ0) is 18.0. The predicted octanol–water partition coefficient (Wildman–Crippen LogP) is 2.55. The quantitative estimate of drug-likeness (QED) is 0.872. The van der Waals surface area contributed by atoms with Crippen LogP contribution in [0.2, 0.25) is 0 Å². The standard InChI is InChI=1S/C18H18N2O4/c1-10(2)20-17(22)13(9-19)11(3)15(18(20)23)16(21)12-7-5-6-8-14(12)24-4/h5-8,10,23H,1-4H3. The minimum atomic E-state index is -0.612. The van der Waals surface area contributed by atoms with E-state index in [-0.39, 0.29) is 22.3 Å². The second-order valence-corrected chi connectivity index (χ2v) is 5.61. The average Bonchev–Trinajstić information content (AvgIpc) is 2.54. The molecule has 0 spiro atoms. The van der Waals surface area contributed by atoms with Crippen LogP contribution in [0.4, 0.5) is 0 Å². The summed E-state index contributed by atoms with van der Waals surface area (Å²) in [6.07, 6.45) is 0. The van der Waals surface area contributed by atoms with Crippen LogP contribution in [0.1, 0.15) is 46.9 Å². The number of carbonyl (C=O) groups is 1. The van der Waals surface area contributed by atoms with E-state index in [0.29, 0.717) is 5.75 Å². The van der Waals surface area contributed by atoms with Gasteiger partial charge in [-0.05, 0) is 38.5 Å². The molecule has 1 N–H and O–H groups in total. The van der Waals surface area contributed by atoms with Crippen molar-refractivity contribution < 1.29 is 14.6 Å². The summed E-state index contributed by atoms with van der Waals surface area (Å²) < 4.78 is 6.24. The topological polar surface area (TPSA) is 92.3 Å². The van der Waals surface area contributed by atoms with Crippen molar-refractivity contribution in [3.05, 3.63) is 56.9 Å². The number of methoxy groups -OCH3 is 1. The molecule has 0 aliphatic carbocycles. The molecule has 6 heteroatoms. The predicted molar refractivity (Wildman–Crippen MR) is 88.6 cm³/mol. The van der Waals surface area contributed by atoms with Crippen LogP contribution in [0.5, 0.6) is 11.6 Å². The minimum absolute atomic E-state index is 0.0654. The lowest BCUT2D eigenvalue weighted by Crippen LogP contribution is -2.28. The molecule has 0 fully saturated rings. The molecule has 0 bridgehead atoms. The van der Waals surface area contributed by atoms with Crippen molar-refractivity contribution >= 4 is 5.78 Å². The van der Waals surface area contributed by atoms with Crippen molar-refractivity contribution in [3.8, 4) is 17.7 Å². The van der Waals surface area contributed by atoms with Gasteiger partial charge in [0.05, 0.1) is 18.2 Å². The molecule has 24 heavy (non-hydrogen) atoms. The Balaban J connectivity index is 2.84. The molecular weight excluding hydrogens is 308 g/mol. The van der Waals surface area contributed by atoms with E-state index in [1.807, 2.05) is 6.07 Å². The fourth-order valence-corrected chi connectivity index (χ4v) is 2.64. The van der Waals surface area contributed by atoms with Gasteiger partial charge in [-0.25, -0.2) is 0 Å². The van der Waals surface area contributed by atoms with Gasteiger partial charge in [0.2, 0.25) is 11.7 Å². The molecule has 0 unspecified atom stereocenters. The Hall–Kier alpha value is -3.07. The van der Waals surface area contributed by atoms with Gasteiger partial charge in [0.15, 0.2) is 0 Å². The lowest BCUT2D eigenvalue weighted by atomic mass is 9.96. The smallest absolute Gasteiger partial charge is 0.271 e. The van der Waals surface area contributed by atoms with Gasteiger partial charge in [-0.1, -0.05) is 12.1 Å². The van der Waals surface area contributed by atoms with Crippen LogP contribution >= 0.6 is 0 Å². The van der Waals surface area contributed by atoms with Crippen LogP contribution in [0.25, 0.3) is 0 Å². The molecule has 0 saturated heterocycles. The zero-order valence-corrected chi connectivity index (χ0v) is 14.0. The minimum Gasteiger partial charge on any atom is -0.496 e. The first-order chi connectivity index (χ1) is 11.3. The maximum Gasteiger partial charge on any atom is 0.271 e. The summed E-state index contributed by atoms with van der Waals surface area (Å²) in [5.41, 5.74) is -0.424. The van der Waals surface area contributed by atoms with Gasteiger partial charge in [-0.3, -0.25) is 14.2 Å². The highest BCUT2D eigenvalue weighted by atomic mass is 16.5. The first-order valence-electron chi connectivity index (χ1n) is 7.41. The number of hydrogen-bond acceptors (Lipinski definition) is 5. The van der Waals surface area contributed by atoms with E-state index in [9.17, 15) is 20.0 Å². The van der Waals surface area contributed by atoms with Crippen LogP contribution < -0.4 is 10.3 Å². The molecule has 0 saturated carbocycles. The van der Waals surface area contributed by atoms with E-state index in [1.54, 1.807) is 38.1 Å². The molecule has 0 amide bonds. The highest BCUT2D eigenvalue weighted by Crippen LogP contribution is 2.29. The molecule has 1 aromatic heterocycles. The largest absolute Gasteiger partial charge is 0.496 e. The highest BCUT2D eigenvalue weighted by molar-refractivity contribution is 6.13. The number of nitriles is 1. The van der Waals surface area contributed by atoms with Crippen molar-refractivity contribution in [1.29, 1.82) is 5.26 Å². The molecule has 1 aromatic carbocycles. The molecule has 6 nitrogen and oxygen atoms in total. The number of rotatable bonds is 4. The van der Waals surface area contributed by atoms with E-state index in [2.05, 4.69) is 0 Å². The summed E-state index contributed by atoms with van der Waals surface area (Å²) in [4.78, 5) is 25.3. The highest BCUT2D eigenvalue weighted by Gasteiger charge is 2.27. The first kappa shape index (κ1) is 17.3. The summed E-state index contributed by atoms with van der Waals surface area (Å²) in [6, 6.07) is 8.01. The molecule has 2 aromatic rings. The zero-order valence-electron chi connectivity index (χ0n) is 14.0. The van der Waals surface area contributed by atoms with Gasteiger partial charge in [0.25, 0.3) is 5.56 Å². The molecule has 0 radical (unpaired) electrons. The third kappa shape index (κ3) is 2.65. The van der Waals surface area contributed by atoms with Crippen LogP contribution in [0, 0.1) is 18.3 Å². The fourth-order valence-electron chi connectivity index (χ4n) is 2.64. The lowest BCUT2D eigenvalue weighted by molar-refractivity contribution is 0.103. The fraction of sp³-hybridized carbons (Fsp3) is 0.278. The third-order valence-electron chi connectivity index (χ3n) is 3.84. The summed E-state index contributed by atoms with van der Waals surface area (Å²) in [7, 11) is 1.44. The monoisotopic (exact) mass is 326 g/mol. The second kappa shape index (κ2) is 6.59. The number of aromatic nitrogens is 1. The first-order valence-corrected chi connectivity index (χ1v) is 7.41. The van der Waals surface area contributed by atoms with Crippen molar-refractivity contribution in [2.24, 2.45) is 0 Å². The van der Waals surface area contributed by atoms with E-state index in [1.165, 1.54) is 14.0 Å². The van der Waals surface area contributed by atoms with E-state index in [4.69, 9.17) is 4.74 Å². The van der Waals surface area contributed by atoms with Gasteiger partial charge in [0, 0.05) is 6.04 Å². The van der Waals surface area contributed by atoms with E-state index >= 15 is 0 Å². The Morgan fingerprint density at radius 1 is 1.33 bits per heavy atom. The third-order valence-corrected chi connectivity index (χ3v) is 3.84. The Morgan fingerprint density at radius 2 is 1.96 bits per heavy atom. The Bertz CT molecular complexity index is 904. The van der Waals surface area contributed by atoms with Crippen molar-refractivity contribution in [2.45, 2.75) is 26.8 Å². The molecular formula is C18H18N2O4. The number of ether oxygens (including phenoxy) is 1. The van der Waals surface area contributed by atoms with Crippen LogP contribution in [0.3, 0.4) is 0 Å². The van der Waals surface area contributed by atoms with Crippen LogP contribution in [0.15, 0.2) is 29.1 Å². The van der Waals surface area contributed by atoms with Crippen molar-refractivity contribution in [2.75, 3.05) is 7.11 Å². The molecule has 0 aliphatic heterocycles. The SMILES string of the molecule is COc1ccccc1C(=O)c1c(C)c(C#N)c(=O)n(C(C)C)c1O. The molecule has 124 valence electrons. The number of para-hydroxylation sites is 1. The number of nitrogens with zero attached hydrogens (tertiary/aromatic N) is 2. The maximum atomic E-state index is 13.0. The average molecular weight is 326 g/mol. The normalized spacial score (nSPS) is 10.5. The van der Waals surface area contributed by atoms with Gasteiger partial charge in [-0.2, -0.15) is 5.26 Å². The number of benzene rings is 1. The van der Waals surface area contributed by atoms with Gasteiger partial charge >= 0.3 is 0 Å². The molecule has 1 heterocycles. The van der Waals surface area contributed by atoms with Gasteiger partial charge in [0.1, 0.15) is 17.4 Å². The number of hydrogen-bond donors (Lipinski definition) is 1. The number of carbonyl (C=O) groups excluding carboxylic acids is 1. The van der Waals surface area contributed by atoms with Gasteiger partial charge in [-0.15, -0.1) is 0 Å². The molecule has 2 rings (SSSR count). The molecule has 0 atom stereocenters. The van der Waals surface area contributed by atoms with Crippen molar-refractivity contribution in [3.63, 3.8) is 0 Å². The summed E-state index contributed by atoms with van der Waals surface area (Å²) in [5.74, 6) is -0.599. The van der Waals surface area contributed by atoms with Crippen LogP contribution in [-0.4, -0.2) is 22.6 Å². The summed E-state index contributed by atoms with van der Waals surface area (Å²) in [6.45, 7) is 4.86. The summed E-state index contributed by atoms with van der Waals surface area (Å²) in [5, 5.41) is 19.8. The lowest BCUT2D eigenvalue weighted by Gasteiger charge is -2.18. The second-order valence-electron chi connectivity index (χ2n) is 5.61. The Morgan fingerprint density at radius 3 is 2.50 bits per heavy atom. The number of ketones is 1.